The lowest BCUT2D eigenvalue weighted by atomic mass is 10.1. The van der Waals surface area contributed by atoms with Crippen molar-refractivity contribution in [3.63, 3.8) is 0 Å². The molecule has 0 spiro atoms. The van der Waals surface area contributed by atoms with Gasteiger partial charge in [-0.1, -0.05) is 66.2 Å². The van der Waals surface area contributed by atoms with Crippen LogP contribution in [0.3, 0.4) is 0 Å². The summed E-state index contributed by atoms with van der Waals surface area (Å²) in [6.45, 7) is 7.92. The van der Waals surface area contributed by atoms with Crippen LogP contribution in [-0.4, -0.2) is 21.5 Å². The van der Waals surface area contributed by atoms with Crippen molar-refractivity contribution in [3.8, 4) is 11.3 Å². The van der Waals surface area contributed by atoms with Crippen LogP contribution < -0.4 is 5.32 Å². The van der Waals surface area contributed by atoms with Crippen molar-refractivity contribution < 1.29 is 0 Å². The van der Waals surface area contributed by atoms with Crippen LogP contribution in [0.1, 0.15) is 16.8 Å². The van der Waals surface area contributed by atoms with E-state index >= 15 is 0 Å². The van der Waals surface area contributed by atoms with Gasteiger partial charge < -0.3 is 5.32 Å². The Labute approximate surface area is 142 Å². The van der Waals surface area contributed by atoms with Gasteiger partial charge in [0.1, 0.15) is 11.4 Å². The number of rotatable bonds is 7. The number of nitrogens with zero attached hydrogens (tertiary/aromatic N) is 3. The predicted molar refractivity (Wildman–Crippen MR) is 97.6 cm³/mol. The van der Waals surface area contributed by atoms with Gasteiger partial charge in [0.25, 0.3) is 0 Å². The average Bonchev–Trinajstić information content (AvgIpc) is 2.99. The highest BCUT2D eigenvalue weighted by Crippen LogP contribution is 2.20. The lowest BCUT2D eigenvalue weighted by Gasteiger charge is -2.01. The van der Waals surface area contributed by atoms with Crippen LogP contribution in [-0.2, 0) is 13.1 Å². The molecule has 0 atom stereocenters. The van der Waals surface area contributed by atoms with Gasteiger partial charge in [0, 0.05) is 18.7 Å². The van der Waals surface area contributed by atoms with Gasteiger partial charge in [-0.15, -0.1) is 6.58 Å². The van der Waals surface area contributed by atoms with Crippen LogP contribution in [0, 0.1) is 6.92 Å². The predicted octanol–water partition coefficient (Wildman–Crippen LogP) is 3.58. The maximum absolute atomic E-state index is 4.72. The molecule has 0 saturated carbocycles. The number of aromatic nitrogens is 3. The van der Waals surface area contributed by atoms with Gasteiger partial charge in [0.2, 0.25) is 0 Å². The smallest absolute Gasteiger partial charge is 0.117 e. The minimum Gasteiger partial charge on any atom is -0.308 e. The summed E-state index contributed by atoms with van der Waals surface area (Å²) in [6.07, 6.45) is 1.85. The molecule has 0 unspecified atom stereocenters. The van der Waals surface area contributed by atoms with E-state index in [0.29, 0.717) is 13.1 Å². The number of benzene rings is 2. The van der Waals surface area contributed by atoms with Crippen LogP contribution in [0.15, 0.2) is 67.3 Å². The molecule has 122 valence electrons. The summed E-state index contributed by atoms with van der Waals surface area (Å²) in [5.74, 6) is 0. The van der Waals surface area contributed by atoms with Crippen molar-refractivity contribution in [1.29, 1.82) is 0 Å². The molecule has 0 fully saturated rings. The van der Waals surface area contributed by atoms with Crippen molar-refractivity contribution in [2.24, 2.45) is 0 Å². The van der Waals surface area contributed by atoms with Crippen molar-refractivity contribution in [2.45, 2.75) is 20.0 Å². The number of hydrogen-bond donors (Lipinski definition) is 1. The molecular weight excluding hydrogens is 296 g/mol. The second-order valence-electron chi connectivity index (χ2n) is 5.80. The Bertz CT molecular complexity index is 806. The molecule has 24 heavy (non-hydrogen) atoms. The van der Waals surface area contributed by atoms with Gasteiger partial charge in [-0.05, 0) is 12.5 Å². The first-order valence-corrected chi connectivity index (χ1v) is 8.13. The molecule has 0 aliphatic heterocycles. The van der Waals surface area contributed by atoms with Gasteiger partial charge in [-0.2, -0.15) is 15.0 Å². The molecule has 0 bridgehead atoms. The summed E-state index contributed by atoms with van der Waals surface area (Å²) in [7, 11) is 0. The monoisotopic (exact) mass is 318 g/mol. The Hall–Kier alpha value is -2.72. The third-order valence-electron chi connectivity index (χ3n) is 3.76. The van der Waals surface area contributed by atoms with E-state index in [1.54, 1.807) is 4.80 Å². The van der Waals surface area contributed by atoms with Crippen LogP contribution in [0.5, 0.6) is 0 Å². The molecule has 0 aliphatic carbocycles. The van der Waals surface area contributed by atoms with Crippen molar-refractivity contribution in [3.05, 3.63) is 84.1 Å². The first-order valence-electron chi connectivity index (χ1n) is 8.13. The molecule has 4 heteroatoms. The minimum absolute atomic E-state index is 0.670. The van der Waals surface area contributed by atoms with Gasteiger partial charge in [0.15, 0.2) is 0 Å². The first kappa shape index (κ1) is 16.1. The second kappa shape index (κ2) is 7.70. The van der Waals surface area contributed by atoms with E-state index in [4.69, 9.17) is 10.2 Å². The Morgan fingerprint density at radius 3 is 2.67 bits per heavy atom. The van der Waals surface area contributed by atoms with E-state index in [9.17, 15) is 0 Å². The average molecular weight is 318 g/mol. The summed E-state index contributed by atoms with van der Waals surface area (Å²) in [5.41, 5.74) is 5.42. The summed E-state index contributed by atoms with van der Waals surface area (Å²) in [5, 5.41) is 12.7. The number of hydrogen-bond acceptors (Lipinski definition) is 3. The van der Waals surface area contributed by atoms with Crippen LogP contribution in [0.2, 0.25) is 0 Å². The van der Waals surface area contributed by atoms with Crippen LogP contribution in [0.25, 0.3) is 11.3 Å². The van der Waals surface area contributed by atoms with Gasteiger partial charge in [-0.25, -0.2) is 0 Å². The molecule has 1 heterocycles. The summed E-state index contributed by atoms with van der Waals surface area (Å²) in [6, 6.07) is 18.6. The Kier molecular flexibility index (Phi) is 5.18. The maximum atomic E-state index is 4.72. The van der Waals surface area contributed by atoms with E-state index in [2.05, 4.69) is 55.2 Å². The molecule has 0 amide bonds. The van der Waals surface area contributed by atoms with Crippen molar-refractivity contribution in [1.82, 2.24) is 20.3 Å². The quantitative estimate of drug-likeness (QED) is 0.535. The summed E-state index contributed by atoms with van der Waals surface area (Å²) >= 11 is 0. The second-order valence-corrected chi connectivity index (χ2v) is 5.80. The first-order chi connectivity index (χ1) is 11.8. The van der Waals surface area contributed by atoms with Gasteiger partial charge in [0.05, 0.1) is 6.54 Å². The van der Waals surface area contributed by atoms with E-state index in [0.717, 1.165) is 23.5 Å². The zero-order chi connectivity index (χ0) is 16.8. The molecule has 1 aromatic heterocycles. The summed E-state index contributed by atoms with van der Waals surface area (Å²) < 4.78 is 0. The van der Waals surface area contributed by atoms with Crippen LogP contribution in [0.4, 0.5) is 0 Å². The zero-order valence-electron chi connectivity index (χ0n) is 13.9. The van der Waals surface area contributed by atoms with Crippen molar-refractivity contribution in [2.75, 3.05) is 6.54 Å². The van der Waals surface area contributed by atoms with Gasteiger partial charge in [-0.3, -0.25) is 0 Å². The largest absolute Gasteiger partial charge is 0.308 e. The molecule has 3 rings (SSSR count). The lowest BCUT2D eigenvalue weighted by Crippen LogP contribution is -2.14. The normalized spacial score (nSPS) is 10.7. The van der Waals surface area contributed by atoms with E-state index < -0.39 is 0 Å². The standard InChI is InChI=1S/C20H22N4/c1-3-12-21-14-19-20(18-10-5-4-6-11-18)23-24(22-19)15-17-9-7-8-16(2)13-17/h3-11,13,21H,1,12,14-15H2,2H3. The topological polar surface area (TPSA) is 42.7 Å². The third-order valence-corrected chi connectivity index (χ3v) is 3.76. The number of aryl methyl sites for hydroxylation is 1. The van der Waals surface area contributed by atoms with E-state index in [-0.39, 0.29) is 0 Å². The zero-order valence-corrected chi connectivity index (χ0v) is 13.9. The maximum Gasteiger partial charge on any atom is 0.117 e. The lowest BCUT2D eigenvalue weighted by molar-refractivity contribution is 0.580. The fraction of sp³-hybridized carbons (Fsp3) is 0.200. The fourth-order valence-electron chi connectivity index (χ4n) is 2.66. The van der Waals surface area contributed by atoms with Crippen LogP contribution >= 0.6 is 0 Å². The SMILES string of the molecule is C=CCNCc1nn(Cc2cccc(C)c2)nc1-c1ccccc1. The van der Waals surface area contributed by atoms with Crippen molar-refractivity contribution >= 4 is 0 Å². The molecule has 0 aliphatic rings. The molecule has 1 N–H and O–H groups in total. The van der Waals surface area contributed by atoms with E-state index in [1.807, 2.05) is 24.3 Å². The molecule has 0 radical (unpaired) electrons. The van der Waals surface area contributed by atoms with E-state index in [1.165, 1.54) is 11.1 Å². The summed E-state index contributed by atoms with van der Waals surface area (Å²) in [4.78, 5) is 1.78. The highest BCUT2D eigenvalue weighted by atomic mass is 15.5. The Morgan fingerprint density at radius 1 is 1.08 bits per heavy atom. The highest BCUT2D eigenvalue weighted by Gasteiger charge is 2.13. The Morgan fingerprint density at radius 2 is 1.92 bits per heavy atom. The van der Waals surface area contributed by atoms with Gasteiger partial charge >= 0.3 is 0 Å². The third kappa shape index (κ3) is 3.97. The molecule has 2 aromatic carbocycles. The molecule has 4 nitrogen and oxygen atoms in total. The number of nitrogens with one attached hydrogen (secondary N) is 1. The molecule has 3 aromatic rings. The minimum atomic E-state index is 0.670. The molecule has 0 saturated heterocycles. The fourth-order valence-corrected chi connectivity index (χ4v) is 2.66. The Balaban J connectivity index is 1.89. The highest BCUT2D eigenvalue weighted by molar-refractivity contribution is 5.60. The molecular formula is C20H22N4.